The number of aryl methyl sites for hydroxylation is 1. The molecule has 1 N–H and O–H groups in total. The average molecular weight is 204 g/mol. The van der Waals surface area contributed by atoms with E-state index in [0.717, 1.165) is 5.69 Å². The third-order valence-corrected chi connectivity index (χ3v) is 2.84. The van der Waals surface area contributed by atoms with Crippen molar-refractivity contribution in [3.63, 3.8) is 0 Å². The molecule has 0 bridgehead atoms. The smallest absolute Gasteiger partial charge is 0.0988 e. The van der Waals surface area contributed by atoms with Gasteiger partial charge in [-0.25, -0.2) is 0 Å². The van der Waals surface area contributed by atoms with E-state index in [0.29, 0.717) is 12.0 Å². The van der Waals surface area contributed by atoms with Gasteiger partial charge in [-0.15, -0.1) is 0 Å². The lowest BCUT2D eigenvalue weighted by Gasteiger charge is -2.26. The van der Waals surface area contributed by atoms with Crippen molar-refractivity contribution in [3.8, 4) is 6.07 Å². The Morgan fingerprint density at radius 2 is 2.27 bits per heavy atom. The molecule has 0 aromatic carbocycles. The number of aliphatic hydroxyl groups excluding tert-OH is 1. The number of nitrogens with zero attached hydrogens (tertiary/aromatic N) is 2. The molecule has 0 saturated heterocycles. The highest BCUT2D eigenvalue weighted by Gasteiger charge is 2.32. The molecule has 0 aliphatic heterocycles. The van der Waals surface area contributed by atoms with Crippen LogP contribution in [0.1, 0.15) is 37.6 Å². The monoisotopic (exact) mass is 204 g/mol. The van der Waals surface area contributed by atoms with Gasteiger partial charge in [0.2, 0.25) is 0 Å². The molecule has 3 nitrogen and oxygen atoms in total. The molecule has 0 amide bonds. The van der Waals surface area contributed by atoms with Crippen LogP contribution in [0.15, 0.2) is 18.3 Å². The first-order valence-corrected chi connectivity index (χ1v) is 5.05. The van der Waals surface area contributed by atoms with Gasteiger partial charge in [-0.2, -0.15) is 5.26 Å². The first-order chi connectivity index (χ1) is 7.03. The predicted molar refractivity (Wildman–Crippen MR) is 57.9 cm³/mol. The standard InChI is InChI=1S/C12H16N2O/c1-4-12(3,8-13)11(15)10-6-5-9(2)14-7-10/h5-7,11,15H,4H2,1-3H3. The number of hydrogen-bond donors (Lipinski definition) is 1. The Balaban J connectivity index is 2.99. The van der Waals surface area contributed by atoms with Gasteiger partial charge in [-0.1, -0.05) is 13.0 Å². The summed E-state index contributed by atoms with van der Waals surface area (Å²) in [4.78, 5) is 4.11. The average Bonchev–Trinajstić information content (AvgIpc) is 2.28. The lowest BCUT2D eigenvalue weighted by atomic mass is 9.80. The molecule has 1 heterocycles. The van der Waals surface area contributed by atoms with E-state index in [1.807, 2.05) is 26.0 Å². The fourth-order valence-corrected chi connectivity index (χ4v) is 1.34. The number of rotatable bonds is 3. The zero-order valence-corrected chi connectivity index (χ0v) is 9.36. The maximum atomic E-state index is 10.1. The van der Waals surface area contributed by atoms with E-state index in [9.17, 15) is 5.11 Å². The molecule has 80 valence electrons. The van der Waals surface area contributed by atoms with Crippen molar-refractivity contribution in [3.05, 3.63) is 29.6 Å². The minimum Gasteiger partial charge on any atom is -0.387 e. The normalized spacial score (nSPS) is 16.5. The Bertz CT molecular complexity index is 366. The molecule has 0 spiro atoms. The summed E-state index contributed by atoms with van der Waals surface area (Å²) >= 11 is 0. The second-order valence-electron chi connectivity index (χ2n) is 4.02. The van der Waals surface area contributed by atoms with Crippen molar-refractivity contribution < 1.29 is 5.11 Å². The summed E-state index contributed by atoms with van der Waals surface area (Å²) in [5.41, 5.74) is 0.865. The van der Waals surface area contributed by atoms with Crippen molar-refractivity contribution in [1.82, 2.24) is 4.98 Å². The van der Waals surface area contributed by atoms with Gasteiger partial charge in [0, 0.05) is 17.5 Å². The van der Waals surface area contributed by atoms with E-state index in [4.69, 9.17) is 5.26 Å². The highest BCUT2D eigenvalue weighted by atomic mass is 16.3. The number of aliphatic hydroxyl groups is 1. The maximum absolute atomic E-state index is 10.1. The Kier molecular flexibility index (Phi) is 3.43. The summed E-state index contributed by atoms with van der Waals surface area (Å²) in [5.74, 6) is 0. The Labute approximate surface area is 90.4 Å². The minimum absolute atomic E-state index is 0.610. The zero-order chi connectivity index (χ0) is 11.5. The molecule has 2 unspecified atom stereocenters. The number of aromatic nitrogens is 1. The van der Waals surface area contributed by atoms with Crippen molar-refractivity contribution >= 4 is 0 Å². The van der Waals surface area contributed by atoms with E-state index in [1.165, 1.54) is 0 Å². The summed E-state index contributed by atoms with van der Waals surface area (Å²) in [6.45, 7) is 5.55. The molecule has 1 aromatic heterocycles. The van der Waals surface area contributed by atoms with E-state index in [2.05, 4.69) is 11.1 Å². The molecular formula is C12H16N2O. The minimum atomic E-state index is -0.777. The molecule has 3 heteroatoms. The highest BCUT2D eigenvalue weighted by molar-refractivity contribution is 5.20. The molecule has 15 heavy (non-hydrogen) atoms. The number of pyridine rings is 1. The second kappa shape index (κ2) is 4.41. The summed E-state index contributed by atoms with van der Waals surface area (Å²) in [6, 6.07) is 5.82. The third-order valence-electron chi connectivity index (χ3n) is 2.84. The summed E-state index contributed by atoms with van der Waals surface area (Å²) < 4.78 is 0. The maximum Gasteiger partial charge on any atom is 0.0988 e. The van der Waals surface area contributed by atoms with Gasteiger partial charge in [0.05, 0.1) is 17.6 Å². The van der Waals surface area contributed by atoms with Crippen LogP contribution in [-0.4, -0.2) is 10.1 Å². The van der Waals surface area contributed by atoms with Crippen LogP contribution < -0.4 is 0 Å². The van der Waals surface area contributed by atoms with Gasteiger partial charge in [0.15, 0.2) is 0 Å². The van der Waals surface area contributed by atoms with Crippen LogP contribution in [0.2, 0.25) is 0 Å². The van der Waals surface area contributed by atoms with Gasteiger partial charge < -0.3 is 5.11 Å². The van der Waals surface area contributed by atoms with Gasteiger partial charge in [0.1, 0.15) is 0 Å². The zero-order valence-electron chi connectivity index (χ0n) is 9.36. The summed E-state index contributed by atoms with van der Waals surface area (Å²) in [7, 11) is 0. The van der Waals surface area contributed by atoms with Gasteiger partial charge >= 0.3 is 0 Å². The molecule has 0 saturated carbocycles. The molecule has 1 aromatic rings. The van der Waals surface area contributed by atoms with E-state index < -0.39 is 11.5 Å². The van der Waals surface area contributed by atoms with Crippen LogP contribution in [0.3, 0.4) is 0 Å². The van der Waals surface area contributed by atoms with Crippen LogP contribution in [0.5, 0.6) is 0 Å². The van der Waals surface area contributed by atoms with Crippen LogP contribution >= 0.6 is 0 Å². The van der Waals surface area contributed by atoms with Gasteiger partial charge in [-0.3, -0.25) is 4.98 Å². The largest absolute Gasteiger partial charge is 0.387 e. The first kappa shape index (κ1) is 11.7. The predicted octanol–water partition coefficient (Wildman–Crippen LogP) is 2.36. The Morgan fingerprint density at radius 1 is 1.60 bits per heavy atom. The van der Waals surface area contributed by atoms with Crippen LogP contribution in [0, 0.1) is 23.7 Å². The Morgan fingerprint density at radius 3 is 2.67 bits per heavy atom. The van der Waals surface area contributed by atoms with Gasteiger partial charge in [0.25, 0.3) is 0 Å². The van der Waals surface area contributed by atoms with Gasteiger partial charge in [-0.05, 0) is 26.3 Å². The lowest BCUT2D eigenvalue weighted by molar-refractivity contribution is 0.0719. The van der Waals surface area contributed by atoms with Crippen LogP contribution in [0.25, 0.3) is 0 Å². The van der Waals surface area contributed by atoms with Crippen LogP contribution in [-0.2, 0) is 0 Å². The lowest BCUT2D eigenvalue weighted by Crippen LogP contribution is -2.23. The SMILES string of the molecule is CCC(C)(C#N)C(O)c1ccc(C)nc1. The number of nitriles is 1. The summed E-state index contributed by atoms with van der Waals surface area (Å²) in [6.07, 6.45) is 1.46. The van der Waals surface area contributed by atoms with E-state index >= 15 is 0 Å². The molecule has 1 rings (SSSR count). The quantitative estimate of drug-likeness (QED) is 0.822. The van der Waals surface area contributed by atoms with Crippen molar-refractivity contribution in [1.29, 1.82) is 5.26 Å². The molecule has 2 atom stereocenters. The third kappa shape index (κ3) is 2.34. The van der Waals surface area contributed by atoms with Crippen molar-refractivity contribution in [2.45, 2.75) is 33.3 Å². The van der Waals surface area contributed by atoms with Crippen molar-refractivity contribution in [2.24, 2.45) is 5.41 Å². The molecule has 0 aliphatic carbocycles. The summed E-state index contributed by atoms with van der Waals surface area (Å²) in [5, 5.41) is 19.1. The second-order valence-corrected chi connectivity index (χ2v) is 4.02. The molecular weight excluding hydrogens is 188 g/mol. The first-order valence-electron chi connectivity index (χ1n) is 5.05. The Hall–Kier alpha value is -1.40. The molecule has 0 fully saturated rings. The van der Waals surface area contributed by atoms with E-state index in [1.54, 1.807) is 13.1 Å². The number of hydrogen-bond acceptors (Lipinski definition) is 3. The van der Waals surface area contributed by atoms with Crippen LogP contribution in [0.4, 0.5) is 0 Å². The fourth-order valence-electron chi connectivity index (χ4n) is 1.34. The van der Waals surface area contributed by atoms with E-state index in [-0.39, 0.29) is 0 Å². The highest BCUT2D eigenvalue weighted by Crippen LogP contribution is 2.35. The topological polar surface area (TPSA) is 56.9 Å². The molecule has 0 radical (unpaired) electrons. The molecule has 0 aliphatic rings. The van der Waals surface area contributed by atoms with Crippen molar-refractivity contribution in [2.75, 3.05) is 0 Å². The fraction of sp³-hybridized carbons (Fsp3) is 0.500.